The SMILES string of the molecule is CC(=O)SC1CC(=O)N(c2c(F)ccc([N+](=O)[O-])c2F)C1. The van der Waals surface area contributed by atoms with Crippen LogP contribution in [0.5, 0.6) is 0 Å². The van der Waals surface area contributed by atoms with Gasteiger partial charge in [-0.3, -0.25) is 19.7 Å². The van der Waals surface area contributed by atoms with E-state index < -0.39 is 39.1 Å². The fourth-order valence-electron chi connectivity index (χ4n) is 2.12. The summed E-state index contributed by atoms with van der Waals surface area (Å²) in [7, 11) is 0. The lowest BCUT2D eigenvalue weighted by Crippen LogP contribution is -2.27. The first-order chi connectivity index (χ1) is 9.81. The lowest BCUT2D eigenvalue weighted by molar-refractivity contribution is -0.387. The summed E-state index contributed by atoms with van der Waals surface area (Å²) in [4.78, 5) is 33.4. The Balaban J connectivity index is 2.38. The molecule has 0 aromatic heterocycles. The van der Waals surface area contributed by atoms with Gasteiger partial charge in [0, 0.05) is 31.2 Å². The number of amides is 1. The average molecular weight is 316 g/mol. The van der Waals surface area contributed by atoms with E-state index in [9.17, 15) is 28.5 Å². The van der Waals surface area contributed by atoms with E-state index in [1.807, 2.05) is 0 Å². The monoisotopic (exact) mass is 316 g/mol. The molecule has 0 bridgehead atoms. The Labute approximate surface area is 122 Å². The van der Waals surface area contributed by atoms with Crippen LogP contribution in [0.2, 0.25) is 0 Å². The molecule has 1 aromatic rings. The van der Waals surface area contributed by atoms with Gasteiger partial charge in [-0.05, 0) is 6.07 Å². The Morgan fingerprint density at radius 2 is 2.14 bits per heavy atom. The van der Waals surface area contributed by atoms with E-state index in [2.05, 4.69) is 0 Å². The zero-order chi connectivity index (χ0) is 15.7. The molecular weight excluding hydrogens is 306 g/mol. The number of hydrogen-bond acceptors (Lipinski definition) is 5. The van der Waals surface area contributed by atoms with Crippen molar-refractivity contribution in [1.82, 2.24) is 0 Å². The Morgan fingerprint density at radius 1 is 1.48 bits per heavy atom. The Bertz CT molecular complexity index is 638. The molecule has 1 saturated heterocycles. The molecular formula is C12H10F2N2O4S. The minimum absolute atomic E-state index is 0.0498. The van der Waals surface area contributed by atoms with Crippen LogP contribution in [0.25, 0.3) is 0 Å². The minimum atomic E-state index is -1.39. The summed E-state index contributed by atoms with van der Waals surface area (Å²) >= 11 is 0.906. The van der Waals surface area contributed by atoms with Crippen LogP contribution < -0.4 is 4.90 Å². The number of rotatable bonds is 3. The Kier molecular flexibility index (Phi) is 4.21. The molecule has 2 rings (SSSR count). The third-order valence-electron chi connectivity index (χ3n) is 2.94. The maximum atomic E-state index is 14.0. The van der Waals surface area contributed by atoms with Crippen LogP contribution in [-0.2, 0) is 9.59 Å². The smallest absolute Gasteiger partial charge is 0.306 e. The molecule has 1 unspecified atom stereocenters. The number of halogens is 2. The number of anilines is 1. The lowest BCUT2D eigenvalue weighted by Gasteiger charge is -2.17. The van der Waals surface area contributed by atoms with E-state index in [0.29, 0.717) is 6.07 Å². The lowest BCUT2D eigenvalue weighted by atomic mass is 10.2. The van der Waals surface area contributed by atoms with E-state index in [-0.39, 0.29) is 18.1 Å². The van der Waals surface area contributed by atoms with Crippen LogP contribution in [0, 0.1) is 21.7 Å². The molecule has 0 N–H and O–H groups in total. The van der Waals surface area contributed by atoms with Crippen molar-refractivity contribution in [2.45, 2.75) is 18.6 Å². The summed E-state index contributed by atoms with van der Waals surface area (Å²) in [5.74, 6) is -3.02. The summed E-state index contributed by atoms with van der Waals surface area (Å²) < 4.78 is 27.8. The molecule has 0 saturated carbocycles. The van der Waals surface area contributed by atoms with Gasteiger partial charge in [-0.25, -0.2) is 4.39 Å². The first kappa shape index (κ1) is 15.4. The molecule has 6 nitrogen and oxygen atoms in total. The van der Waals surface area contributed by atoms with Gasteiger partial charge < -0.3 is 4.90 Å². The number of nitro groups is 1. The summed E-state index contributed by atoms with van der Waals surface area (Å²) in [6.07, 6.45) is -0.0498. The van der Waals surface area contributed by atoms with Crippen LogP contribution in [0.15, 0.2) is 12.1 Å². The van der Waals surface area contributed by atoms with Crippen molar-refractivity contribution in [3.63, 3.8) is 0 Å². The second-order valence-corrected chi connectivity index (χ2v) is 5.90. The van der Waals surface area contributed by atoms with E-state index in [4.69, 9.17) is 0 Å². The van der Waals surface area contributed by atoms with Crippen LogP contribution in [0.3, 0.4) is 0 Å². The van der Waals surface area contributed by atoms with Crippen molar-refractivity contribution in [3.05, 3.63) is 33.9 Å². The fraction of sp³-hybridized carbons (Fsp3) is 0.333. The molecule has 0 radical (unpaired) electrons. The summed E-state index contributed by atoms with van der Waals surface area (Å²) in [6, 6.07) is 1.45. The van der Waals surface area contributed by atoms with Crippen LogP contribution in [0.1, 0.15) is 13.3 Å². The molecule has 1 heterocycles. The number of carbonyl (C=O) groups excluding carboxylic acids is 2. The van der Waals surface area contributed by atoms with Gasteiger partial charge in [0.1, 0.15) is 11.5 Å². The zero-order valence-corrected chi connectivity index (χ0v) is 11.7. The normalized spacial score (nSPS) is 18.1. The quantitative estimate of drug-likeness (QED) is 0.631. The zero-order valence-electron chi connectivity index (χ0n) is 10.8. The highest BCUT2D eigenvalue weighted by molar-refractivity contribution is 8.14. The van der Waals surface area contributed by atoms with Gasteiger partial charge in [-0.15, -0.1) is 0 Å². The second-order valence-electron chi connectivity index (χ2n) is 4.43. The molecule has 1 aliphatic heterocycles. The van der Waals surface area contributed by atoms with Gasteiger partial charge in [0.2, 0.25) is 11.7 Å². The van der Waals surface area contributed by atoms with Gasteiger partial charge in [-0.2, -0.15) is 4.39 Å². The van der Waals surface area contributed by atoms with E-state index in [0.717, 1.165) is 22.7 Å². The molecule has 21 heavy (non-hydrogen) atoms. The van der Waals surface area contributed by atoms with Crippen molar-refractivity contribution >= 4 is 34.2 Å². The topological polar surface area (TPSA) is 80.5 Å². The second kappa shape index (κ2) is 5.76. The van der Waals surface area contributed by atoms with Gasteiger partial charge in [0.05, 0.1) is 4.92 Å². The third kappa shape index (κ3) is 3.02. The van der Waals surface area contributed by atoms with Gasteiger partial charge in [-0.1, -0.05) is 11.8 Å². The molecule has 9 heteroatoms. The summed E-state index contributed by atoms with van der Waals surface area (Å²) in [5, 5.41) is 10.0. The molecule has 1 atom stereocenters. The molecule has 112 valence electrons. The largest absolute Gasteiger partial charge is 0.307 e. The first-order valence-electron chi connectivity index (χ1n) is 5.91. The van der Waals surface area contributed by atoms with Crippen LogP contribution in [-0.4, -0.2) is 27.7 Å². The average Bonchev–Trinajstić information content (AvgIpc) is 2.68. The Hall–Kier alpha value is -2.03. The molecule has 1 amide bonds. The highest BCUT2D eigenvalue weighted by Gasteiger charge is 2.36. The van der Waals surface area contributed by atoms with Crippen molar-refractivity contribution in [2.75, 3.05) is 11.4 Å². The number of benzene rings is 1. The number of nitrogens with zero attached hydrogens (tertiary/aromatic N) is 2. The number of hydrogen-bond donors (Lipinski definition) is 0. The van der Waals surface area contributed by atoms with Gasteiger partial charge >= 0.3 is 5.69 Å². The molecule has 1 aromatic carbocycles. The van der Waals surface area contributed by atoms with Crippen molar-refractivity contribution in [3.8, 4) is 0 Å². The van der Waals surface area contributed by atoms with Gasteiger partial charge in [0.15, 0.2) is 5.12 Å². The fourth-order valence-corrected chi connectivity index (χ4v) is 3.04. The number of thioether (sulfide) groups is 1. The highest BCUT2D eigenvalue weighted by atomic mass is 32.2. The van der Waals surface area contributed by atoms with Crippen molar-refractivity contribution in [1.29, 1.82) is 0 Å². The molecule has 1 aliphatic rings. The summed E-state index contributed by atoms with van der Waals surface area (Å²) in [5.41, 5.74) is -1.64. The number of carbonyl (C=O) groups is 2. The third-order valence-corrected chi connectivity index (χ3v) is 3.92. The van der Waals surface area contributed by atoms with Crippen molar-refractivity contribution < 1.29 is 23.3 Å². The van der Waals surface area contributed by atoms with E-state index in [1.165, 1.54) is 6.92 Å². The van der Waals surface area contributed by atoms with Gasteiger partial charge in [0.25, 0.3) is 0 Å². The molecule has 1 fully saturated rings. The maximum absolute atomic E-state index is 14.0. The van der Waals surface area contributed by atoms with Crippen LogP contribution in [0.4, 0.5) is 20.2 Å². The molecule has 0 spiro atoms. The number of nitro benzene ring substituents is 1. The standard InChI is InChI=1S/C12H10F2N2O4S/c1-6(17)21-7-4-10(18)15(5-7)12-8(13)2-3-9(11(12)14)16(19)20/h2-3,7H,4-5H2,1H3. The molecule has 0 aliphatic carbocycles. The predicted molar refractivity (Wildman–Crippen MR) is 72.0 cm³/mol. The highest BCUT2D eigenvalue weighted by Crippen LogP contribution is 2.35. The van der Waals surface area contributed by atoms with Crippen molar-refractivity contribution in [2.24, 2.45) is 0 Å². The van der Waals surface area contributed by atoms with E-state index >= 15 is 0 Å². The van der Waals surface area contributed by atoms with Crippen LogP contribution >= 0.6 is 11.8 Å². The van der Waals surface area contributed by atoms with E-state index in [1.54, 1.807) is 0 Å². The minimum Gasteiger partial charge on any atom is -0.306 e. The first-order valence-corrected chi connectivity index (χ1v) is 6.79. The maximum Gasteiger partial charge on any atom is 0.307 e. The summed E-state index contributed by atoms with van der Waals surface area (Å²) in [6.45, 7) is 1.25. The predicted octanol–water partition coefficient (Wildman–Crippen LogP) is 2.26. The Morgan fingerprint density at radius 3 is 2.71 bits per heavy atom.